The maximum atomic E-state index is 8.35. The molecule has 0 aromatic heterocycles. The molecule has 0 atom stereocenters. The Morgan fingerprint density at radius 3 is 2.69 bits per heavy atom. The molecular weight excluding hydrogens is 202 g/mol. The van der Waals surface area contributed by atoms with Crippen LogP contribution in [-0.2, 0) is 0 Å². The van der Waals surface area contributed by atoms with E-state index in [9.17, 15) is 0 Å². The van der Waals surface area contributed by atoms with Gasteiger partial charge < -0.3 is 10.6 Å². The van der Waals surface area contributed by atoms with E-state index >= 15 is 0 Å². The topological polar surface area (TPSA) is 71.4 Å². The van der Waals surface area contributed by atoms with Crippen molar-refractivity contribution in [2.45, 2.75) is 19.3 Å². The fourth-order valence-corrected chi connectivity index (χ4v) is 1.23. The average Bonchev–Trinajstić information content (AvgIpc) is 2.31. The maximum absolute atomic E-state index is 8.35. The molecule has 0 unspecified atom stereocenters. The monoisotopic (exact) mass is 217 g/mol. The molecule has 4 heteroatoms. The third-order valence-electron chi connectivity index (χ3n) is 2.06. The normalized spacial score (nSPS) is 10.2. The zero-order valence-electron chi connectivity index (χ0n) is 9.10. The van der Waals surface area contributed by atoms with E-state index in [-0.39, 0.29) is 0 Å². The Kier molecular flexibility index (Phi) is 5.49. The molecule has 1 rings (SSSR count). The first kappa shape index (κ1) is 12.1. The van der Waals surface area contributed by atoms with Gasteiger partial charge in [-0.25, -0.2) is 0 Å². The minimum absolute atomic E-state index is 0.593. The lowest BCUT2D eigenvalue weighted by molar-refractivity contribution is 0.307. The van der Waals surface area contributed by atoms with Crippen LogP contribution in [0.2, 0.25) is 0 Å². The molecule has 0 aliphatic heterocycles. The van der Waals surface area contributed by atoms with Gasteiger partial charge in [-0.3, -0.25) is 0 Å². The largest absolute Gasteiger partial charge is 0.494 e. The third kappa shape index (κ3) is 4.47. The predicted molar refractivity (Wildman–Crippen MR) is 63.2 cm³/mol. The number of hydrazone groups is 1. The van der Waals surface area contributed by atoms with Crippen LogP contribution in [0.25, 0.3) is 0 Å². The van der Waals surface area contributed by atoms with Gasteiger partial charge >= 0.3 is 0 Å². The first-order valence-corrected chi connectivity index (χ1v) is 5.20. The van der Waals surface area contributed by atoms with Crippen molar-refractivity contribution in [2.75, 3.05) is 6.61 Å². The number of nitrogens with zero attached hydrogens (tertiary/aromatic N) is 2. The van der Waals surface area contributed by atoms with Crippen LogP contribution in [0.5, 0.6) is 5.75 Å². The van der Waals surface area contributed by atoms with E-state index in [4.69, 9.17) is 15.8 Å². The van der Waals surface area contributed by atoms with Gasteiger partial charge in [0, 0.05) is 6.42 Å². The minimum atomic E-state index is 0.593. The van der Waals surface area contributed by atoms with Gasteiger partial charge in [-0.15, -0.1) is 0 Å². The summed E-state index contributed by atoms with van der Waals surface area (Å²) < 4.78 is 5.50. The zero-order chi connectivity index (χ0) is 11.6. The Hall–Kier alpha value is -2.02. The molecule has 0 fully saturated rings. The molecule has 4 nitrogen and oxygen atoms in total. The van der Waals surface area contributed by atoms with E-state index in [0.29, 0.717) is 13.0 Å². The van der Waals surface area contributed by atoms with E-state index in [0.717, 1.165) is 24.2 Å². The van der Waals surface area contributed by atoms with E-state index < -0.39 is 0 Å². The van der Waals surface area contributed by atoms with Crippen molar-refractivity contribution in [2.24, 2.45) is 10.9 Å². The Morgan fingerprint density at radius 2 is 2.06 bits per heavy atom. The highest BCUT2D eigenvalue weighted by Gasteiger charge is 1.94. The number of hydrogen-bond acceptors (Lipinski definition) is 4. The number of nitrogens with two attached hydrogens (primary N) is 1. The zero-order valence-corrected chi connectivity index (χ0v) is 9.10. The summed E-state index contributed by atoms with van der Waals surface area (Å²) in [5, 5.41) is 11.8. The van der Waals surface area contributed by atoms with E-state index in [1.807, 2.05) is 24.3 Å². The standard InChI is InChI=1S/C12H15N3O/c13-8-2-1-3-9-16-12-6-4-11(5-7-12)10-15-14/h4-7,10H,1-3,9,14H2. The van der Waals surface area contributed by atoms with Crippen LogP contribution in [-0.4, -0.2) is 12.8 Å². The Balaban J connectivity index is 2.30. The van der Waals surface area contributed by atoms with Gasteiger partial charge in [0.2, 0.25) is 0 Å². The van der Waals surface area contributed by atoms with E-state index in [1.165, 1.54) is 0 Å². The minimum Gasteiger partial charge on any atom is -0.494 e. The molecule has 0 amide bonds. The lowest BCUT2D eigenvalue weighted by Gasteiger charge is -2.05. The summed E-state index contributed by atoms with van der Waals surface area (Å²) >= 11 is 0. The number of rotatable bonds is 6. The highest BCUT2D eigenvalue weighted by molar-refractivity contribution is 5.79. The molecule has 0 spiro atoms. The summed E-state index contributed by atoms with van der Waals surface area (Å²) in [6.45, 7) is 0.645. The molecule has 1 aromatic carbocycles. The summed E-state index contributed by atoms with van der Waals surface area (Å²) in [7, 11) is 0. The molecule has 2 N–H and O–H groups in total. The summed E-state index contributed by atoms with van der Waals surface area (Å²) in [5.74, 6) is 5.86. The second-order valence-corrected chi connectivity index (χ2v) is 3.31. The van der Waals surface area contributed by atoms with Gasteiger partial charge in [-0.05, 0) is 42.7 Å². The molecule has 0 aliphatic carbocycles. The Bertz CT molecular complexity index is 365. The van der Waals surface area contributed by atoms with Crippen LogP contribution in [0.1, 0.15) is 24.8 Å². The molecule has 0 aliphatic rings. The van der Waals surface area contributed by atoms with Crippen molar-refractivity contribution < 1.29 is 4.74 Å². The molecule has 0 saturated carbocycles. The SMILES string of the molecule is N#CCCCCOc1ccc(C=NN)cc1. The van der Waals surface area contributed by atoms with Crippen LogP contribution in [0, 0.1) is 11.3 Å². The Morgan fingerprint density at radius 1 is 1.31 bits per heavy atom. The molecule has 84 valence electrons. The fourth-order valence-electron chi connectivity index (χ4n) is 1.23. The lowest BCUT2D eigenvalue weighted by Crippen LogP contribution is -1.97. The average molecular weight is 217 g/mol. The van der Waals surface area contributed by atoms with Crippen LogP contribution < -0.4 is 10.6 Å². The lowest BCUT2D eigenvalue weighted by atomic mass is 10.2. The van der Waals surface area contributed by atoms with Crippen molar-refractivity contribution in [3.63, 3.8) is 0 Å². The smallest absolute Gasteiger partial charge is 0.119 e. The molecule has 1 aromatic rings. The first-order valence-electron chi connectivity index (χ1n) is 5.20. The van der Waals surface area contributed by atoms with Crippen molar-refractivity contribution in [1.82, 2.24) is 0 Å². The van der Waals surface area contributed by atoms with E-state index in [2.05, 4.69) is 11.2 Å². The highest BCUT2D eigenvalue weighted by atomic mass is 16.5. The van der Waals surface area contributed by atoms with Crippen LogP contribution >= 0.6 is 0 Å². The summed E-state index contributed by atoms with van der Waals surface area (Å²) in [5.41, 5.74) is 0.944. The second kappa shape index (κ2) is 7.30. The van der Waals surface area contributed by atoms with Crippen molar-refractivity contribution in [3.05, 3.63) is 29.8 Å². The fraction of sp³-hybridized carbons (Fsp3) is 0.333. The number of benzene rings is 1. The van der Waals surface area contributed by atoms with Crippen LogP contribution in [0.4, 0.5) is 0 Å². The second-order valence-electron chi connectivity index (χ2n) is 3.31. The quantitative estimate of drug-likeness (QED) is 0.343. The number of hydrogen-bond donors (Lipinski definition) is 1. The summed E-state index contributed by atoms with van der Waals surface area (Å²) in [6.07, 6.45) is 3.96. The molecule has 16 heavy (non-hydrogen) atoms. The van der Waals surface area contributed by atoms with Crippen molar-refractivity contribution in [1.29, 1.82) is 5.26 Å². The van der Waals surface area contributed by atoms with Crippen LogP contribution in [0.15, 0.2) is 29.4 Å². The van der Waals surface area contributed by atoms with Gasteiger partial charge in [-0.1, -0.05) is 0 Å². The number of ether oxygens (including phenoxy) is 1. The van der Waals surface area contributed by atoms with Gasteiger partial charge in [0.15, 0.2) is 0 Å². The molecular formula is C12H15N3O. The van der Waals surface area contributed by atoms with Gasteiger partial charge in [-0.2, -0.15) is 10.4 Å². The number of unbranched alkanes of at least 4 members (excludes halogenated alkanes) is 2. The molecule has 0 bridgehead atoms. The Labute approximate surface area is 95.3 Å². The van der Waals surface area contributed by atoms with Gasteiger partial charge in [0.25, 0.3) is 0 Å². The molecule has 0 radical (unpaired) electrons. The maximum Gasteiger partial charge on any atom is 0.119 e. The van der Waals surface area contributed by atoms with Crippen molar-refractivity contribution in [3.8, 4) is 11.8 Å². The summed E-state index contributed by atoms with van der Waals surface area (Å²) in [6, 6.07) is 9.64. The third-order valence-corrected chi connectivity index (χ3v) is 2.06. The first-order chi connectivity index (χ1) is 7.86. The van der Waals surface area contributed by atoms with Crippen molar-refractivity contribution >= 4 is 6.21 Å². The predicted octanol–water partition coefficient (Wildman–Crippen LogP) is 2.05. The molecule has 0 saturated heterocycles. The highest BCUT2D eigenvalue weighted by Crippen LogP contribution is 2.11. The van der Waals surface area contributed by atoms with E-state index in [1.54, 1.807) is 6.21 Å². The summed E-state index contributed by atoms with van der Waals surface area (Å²) in [4.78, 5) is 0. The van der Waals surface area contributed by atoms with Crippen LogP contribution in [0.3, 0.4) is 0 Å². The molecule has 0 heterocycles. The number of nitriles is 1. The van der Waals surface area contributed by atoms with Gasteiger partial charge in [0.1, 0.15) is 5.75 Å². The van der Waals surface area contributed by atoms with Gasteiger partial charge in [0.05, 0.1) is 18.9 Å².